The summed E-state index contributed by atoms with van der Waals surface area (Å²) in [5.74, 6) is 0.830. The van der Waals surface area contributed by atoms with Crippen molar-refractivity contribution in [1.82, 2.24) is 0 Å². The molecule has 0 heterocycles. The minimum absolute atomic E-state index is 0.0629. The van der Waals surface area contributed by atoms with Crippen molar-refractivity contribution in [3.63, 3.8) is 0 Å². The number of carbonyl (C=O) groups is 3. The Bertz CT molecular complexity index is 962. The van der Waals surface area contributed by atoms with Crippen molar-refractivity contribution >= 4 is 17.9 Å². The molecule has 6 nitrogen and oxygen atoms in total. The van der Waals surface area contributed by atoms with Crippen molar-refractivity contribution in [1.29, 1.82) is 0 Å². The molecule has 0 saturated heterocycles. The molecule has 0 aromatic carbocycles. The Kier molecular flexibility index (Phi) is 48.6. The van der Waals surface area contributed by atoms with Gasteiger partial charge in [0.25, 0.3) is 0 Å². The zero-order valence-corrected chi connectivity index (χ0v) is 43.2. The highest BCUT2D eigenvalue weighted by Gasteiger charge is 2.19. The Morgan fingerprint density at radius 3 is 0.778 bits per heavy atom. The number of carbonyl (C=O) groups excluding carboxylic acids is 3. The molecule has 374 valence electrons. The van der Waals surface area contributed by atoms with Crippen LogP contribution in [0.15, 0.2) is 0 Å². The van der Waals surface area contributed by atoms with Gasteiger partial charge in [0, 0.05) is 19.3 Å². The van der Waals surface area contributed by atoms with Gasteiger partial charge >= 0.3 is 17.9 Å². The quantitative estimate of drug-likeness (QED) is 0.0344. The minimum atomic E-state index is -0.762. The van der Waals surface area contributed by atoms with Crippen LogP contribution in [0.5, 0.6) is 0 Å². The predicted molar refractivity (Wildman–Crippen MR) is 270 cm³/mol. The summed E-state index contributed by atoms with van der Waals surface area (Å²) in [4.78, 5) is 38.1. The first-order valence-corrected chi connectivity index (χ1v) is 28.2. The monoisotopic (exact) mass is 891 g/mol. The first-order valence-electron chi connectivity index (χ1n) is 28.2. The van der Waals surface area contributed by atoms with Gasteiger partial charge in [-0.3, -0.25) is 14.4 Å². The van der Waals surface area contributed by atoms with Crippen LogP contribution >= 0.6 is 0 Å². The van der Waals surface area contributed by atoms with E-state index in [1.54, 1.807) is 0 Å². The molecule has 0 amide bonds. The van der Waals surface area contributed by atoms with Gasteiger partial charge in [-0.2, -0.15) is 0 Å². The van der Waals surface area contributed by atoms with Crippen molar-refractivity contribution in [2.45, 2.75) is 323 Å². The number of hydrogen-bond donors (Lipinski definition) is 0. The number of esters is 3. The van der Waals surface area contributed by atoms with Crippen LogP contribution in [0.3, 0.4) is 0 Å². The zero-order valence-electron chi connectivity index (χ0n) is 43.2. The summed E-state index contributed by atoms with van der Waals surface area (Å²) >= 11 is 0. The minimum Gasteiger partial charge on any atom is -0.462 e. The topological polar surface area (TPSA) is 78.9 Å². The summed E-state index contributed by atoms with van der Waals surface area (Å²) in [7, 11) is 0. The van der Waals surface area contributed by atoms with E-state index in [9.17, 15) is 14.4 Å². The van der Waals surface area contributed by atoms with Crippen molar-refractivity contribution in [2.24, 2.45) is 11.8 Å². The largest absolute Gasteiger partial charge is 0.462 e. The van der Waals surface area contributed by atoms with Gasteiger partial charge in [-0.25, -0.2) is 0 Å². The Morgan fingerprint density at radius 1 is 0.302 bits per heavy atom. The highest BCUT2D eigenvalue weighted by atomic mass is 16.6. The van der Waals surface area contributed by atoms with Gasteiger partial charge in [0.15, 0.2) is 6.10 Å². The standard InChI is InChI=1S/C57H110O6/c1-6-7-8-9-10-11-12-17-22-29-34-39-44-49-57(60)63-54(51-62-56(59)48-43-38-33-28-24-23-26-31-36-41-46-53(4)5)50-61-55(58)47-42-37-32-27-21-19-16-14-13-15-18-20-25-30-35-40-45-52(2)3/h52-54H,6-51H2,1-5H3/t54-/m0/s1. The predicted octanol–water partition coefficient (Wildman–Crippen LogP) is 18.5. The maximum absolute atomic E-state index is 12.8. The molecule has 0 aliphatic rings. The van der Waals surface area contributed by atoms with Crippen LogP contribution in [-0.4, -0.2) is 37.2 Å². The van der Waals surface area contributed by atoms with Crippen LogP contribution in [0.25, 0.3) is 0 Å². The van der Waals surface area contributed by atoms with E-state index in [1.165, 1.54) is 205 Å². The van der Waals surface area contributed by atoms with Crippen LogP contribution in [0.4, 0.5) is 0 Å². The van der Waals surface area contributed by atoms with Crippen LogP contribution in [-0.2, 0) is 28.6 Å². The average Bonchev–Trinajstić information content (AvgIpc) is 3.25. The molecule has 0 aromatic heterocycles. The number of ether oxygens (including phenoxy) is 3. The SMILES string of the molecule is CCCCCCCCCCCCCCCC(=O)O[C@@H](COC(=O)CCCCCCCCCCCCCCCCCCC(C)C)COC(=O)CCCCCCCCCCCCC(C)C. The lowest BCUT2D eigenvalue weighted by Gasteiger charge is -2.18. The van der Waals surface area contributed by atoms with Gasteiger partial charge < -0.3 is 14.2 Å². The summed E-state index contributed by atoms with van der Waals surface area (Å²) in [5, 5.41) is 0. The van der Waals surface area contributed by atoms with Crippen LogP contribution in [0.2, 0.25) is 0 Å². The van der Waals surface area contributed by atoms with Gasteiger partial charge in [0.2, 0.25) is 0 Å². The second-order valence-corrected chi connectivity index (χ2v) is 20.5. The third kappa shape index (κ3) is 51.3. The van der Waals surface area contributed by atoms with Crippen LogP contribution in [0.1, 0.15) is 317 Å². The molecule has 0 unspecified atom stereocenters. The summed E-state index contributed by atoms with van der Waals surface area (Å²) in [6.45, 7) is 11.4. The van der Waals surface area contributed by atoms with Gasteiger partial charge in [0.1, 0.15) is 13.2 Å². The lowest BCUT2D eigenvalue weighted by molar-refractivity contribution is -0.167. The number of rotatable bonds is 51. The highest BCUT2D eigenvalue weighted by Crippen LogP contribution is 2.18. The molecule has 0 bridgehead atoms. The van der Waals surface area contributed by atoms with E-state index in [-0.39, 0.29) is 31.1 Å². The molecular formula is C57H110O6. The lowest BCUT2D eigenvalue weighted by Crippen LogP contribution is -2.30. The molecule has 0 aliphatic heterocycles. The van der Waals surface area contributed by atoms with E-state index in [2.05, 4.69) is 34.6 Å². The smallest absolute Gasteiger partial charge is 0.306 e. The third-order valence-electron chi connectivity index (χ3n) is 13.0. The van der Waals surface area contributed by atoms with E-state index in [1.807, 2.05) is 0 Å². The van der Waals surface area contributed by atoms with E-state index >= 15 is 0 Å². The third-order valence-corrected chi connectivity index (χ3v) is 13.0. The van der Waals surface area contributed by atoms with Gasteiger partial charge in [-0.05, 0) is 31.1 Å². The van der Waals surface area contributed by atoms with Crippen molar-refractivity contribution < 1.29 is 28.6 Å². The number of unbranched alkanes of at least 4 members (excludes halogenated alkanes) is 36. The fraction of sp³-hybridized carbons (Fsp3) is 0.947. The molecule has 1 atom stereocenters. The summed E-state index contributed by atoms with van der Waals surface area (Å²) in [6, 6.07) is 0. The summed E-state index contributed by atoms with van der Waals surface area (Å²) in [6.07, 6.45) is 52.3. The van der Waals surface area contributed by atoms with Crippen molar-refractivity contribution in [2.75, 3.05) is 13.2 Å². The zero-order chi connectivity index (χ0) is 46.1. The molecule has 0 rings (SSSR count). The molecule has 0 aliphatic carbocycles. The van der Waals surface area contributed by atoms with E-state index in [4.69, 9.17) is 14.2 Å². The molecular weight excluding hydrogens is 781 g/mol. The van der Waals surface area contributed by atoms with Crippen LogP contribution < -0.4 is 0 Å². The van der Waals surface area contributed by atoms with Crippen molar-refractivity contribution in [3.8, 4) is 0 Å². The fourth-order valence-corrected chi connectivity index (χ4v) is 8.70. The Hall–Kier alpha value is -1.59. The molecule has 0 fully saturated rings. The highest BCUT2D eigenvalue weighted by molar-refractivity contribution is 5.71. The first-order chi connectivity index (χ1) is 30.7. The molecule has 0 spiro atoms. The van der Waals surface area contributed by atoms with Crippen LogP contribution in [0, 0.1) is 11.8 Å². The molecule has 63 heavy (non-hydrogen) atoms. The van der Waals surface area contributed by atoms with E-state index in [0.717, 1.165) is 69.6 Å². The van der Waals surface area contributed by atoms with Gasteiger partial charge in [0.05, 0.1) is 0 Å². The second-order valence-electron chi connectivity index (χ2n) is 20.5. The molecule has 0 radical (unpaired) electrons. The Balaban J connectivity index is 4.26. The summed E-state index contributed by atoms with van der Waals surface area (Å²) in [5.41, 5.74) is 0. The maximum Gasteiger partial charge on any atom is 0.306 e. The van der Waals surface area contributed by atoms with E-state index in [0.29, 0.717) is 19.3 Å². The summed E-state index contributed by atoms with van der Waals surface area (Å²) < 4.78 is 16.9. The lowest BCUT2D eigenvalue weighted by atomic mass is 10.0. The number of hydrogen-bond acceptors (Lipinski definition) is 6. The first kappa shape index (κ1) is 61.4. The van der Waals surface area contributed by atoms with Crippen molar-refractivity contribution in [3.05, 3.63) is 0 Å². The molecule has 0 aromatic rings. The van der Waals surface area contributed by atoms with Gasteiger partial charge in [-0.1, -0.05) is 279 Å². The molecule has 6 heteroatoms. The van der Waals surface area contributed by atoms with Gasteiger partial charge in [-0.15, -0.1) is 0 Å². The van der Waals surface area contributed by atoms with E-state index < -0.39 is 6.10 Å². The second kappa shape index (κ2) is 49.8. The normalized spacial score (nSPS) is 12.0. The molecule has 0 saturated carbocycles. The maximum atomic E-state index is 12.8. The Labute approximate surface area is 393 Å². The molecule has 0 N–H and O–H groups in total. The Morgan fingerprint density at radius 2 is 0.524 bits per heavy atom. The fourth-order valence-electron chi connectivity index (χ4n) is 8.70. The average molecular weight is 892 g/mol.